The van der Waals surface area contributed by atoms with Crippen LogP contribution in [0.3, 0.4) is 0 Å². The quantitative estimate of drug-likeness (QED) is 0.497. The average Bonchev–Trinajstić information content (AvgIpc) is 3.57. The zero-order valence-corrected chi connectivity index (χ0v) is 20.4. The van der Waals surface area contributed by atoms with Gasteiger partial charge in [-0.15, -0.1) is 0 Å². The van der Waals surface area contributed by atoms with Gasteiger partial charge in [0.2, 0.25) is 11.8 Å². The molecule has 1 saturated heterocycles. The van der Waals surface area contributed by atoms with E-state index in [0.717, 1.165) is 25.2 Å². The van der Waals surface area contributed by atoms with E-state index in [1.165, 1.54) is 4.90 Å². The van der Waals surface area contributed by atoms with E-state index in [0.29, 0.717) is 17.3 Å². The van der Waals surface area contributed by atoms with Gasteiger partial charge in [0.1, 0.15) is 12.1 Å². The molecule has 2 fully saturated rings. The van der Waals surface area contributed by atoms with Gasteiger partial charge in [0.05, 0.1) is 28.9 Å². The highest BCUT2D eigenvalue weighted by Crippen LogP contribution is 2.46. The third kappa shape index (κ3) is 4.89. The Morgan fingerprint density at radius 1 is 1.21 bits per heavy atom. The fourth-order valence-corrected chi connectivity index (χ4v) is 5.24. The molecule has 1 aromatic heterocycles. The molecule has 3 aliphatic rings. The molecule has 2 aromatic rings. The van der Waals surface area contributed by atoms with Crippen LogP contribution in [0.5, 0.6) is 0 Å². The van der Waals surface area contributed by atoms with Gasteiger partial charge in [-0.05, 0) is 30.0 Å². The van der Waals surface area contributed by atoms with Gasteiger partial charge in [-0.3, -0.25) is 24.2 Å². The van der Waals surface area contributed by atoms with Gasteiger partial charge in [-0.2, -0.15) is 18.4 Å². The van der Waals surface area contributed by atoms with Crippen molar-refractivity contribution in [2.24, 2.45) is 5.92 Å². The molecule has 13 heteroatoms. The molecule has 1 aliphatic carbocycles. The van der Waals surface area contributed by atoms with Crippen molar-refractivity contribution in [1.29, 1.82) is 5.26 Å². The van der Waals surface area contributed by atoms with Crippen LogP contribution in [0.1, 0.15) is 36.8 Å². The summed E-state index contributed by atoms with van der Waals surface area (Å²) in [5.41, 5.74) is -1.75. The van der Waals surface area contributed by atoms with Gasteiger partial charge in [-0.25, -0.2) is 0 Å². The molecule has 0 radical (unpaired) electrons. The van der Waals surface area contributed by atoms with Gasteiger partial charge < -0.3 is 20.9 Å². The lowest BCUT2D eigenvalue weighted by molar-refractivity contribution is -0.140. The monoisotopic (exact) mass is 540 g/mol. The van der Waals surface area contributed by atoms with Crippen molar-refractivity contribution >= 4 is 35.0 Å². The summed E-state index contributed by atoms with van der Waals surface area (Å²) in [6.07, 6.45) is -1.27. The lowest BCUT2D eigenvalue weighted by Crippen LogP contribution is -2.53. The largest absolute Gasteiger partial charge is 0.418 e. The minimum absolute atomic E-state index is 0.0594. The number of nitrogens with zero attached hydrogens (tertiary/aromatic N) is 3. The summed E-state index contributed by atoms with van der Waals surface area (Å²) in [6.45, 7) is -0.0965. The number of rotatable bonds is 5. The van der Waals surface area contributed by atoms with Crippen molar-refractivity contribution < 1.29 is 32.3 Å². The summed E-state index contributed by atoms with van der Waals surface area (Å²) in [6, 6.07) is 7.56. The van der Waals surface area contributed by atoms with Crippen LogP contribution in [0.2, 0.25) is 0 Å². The lowest BCUT2D eigenvalue weighted by atomic mass is 9.80. The maximum absolute atomic E-state index is 13.7. The van der Waals surface area contributed by atoms with Crippen molar-refractivity contribution in [2.45, 2.75) is 49.4 Å². The molecule has 1 aromatic carbocycles. The average molecular weight is 541 g/mol. The second-order valence-electron chi connectivity index (χ2n) is 9.98. The first-order valence-corrected chi connectivity index (χ1v) is 12.3. The van der Waals surface area contributed by atoms with Crippen molar-refractivity contribution in [2.75, 3.05) is 17.2 Å². The number of para-hydroxylation sites is 1. The van der Waals surface area contributed by atoms with Crippen LogP contribution in [0, 0.1) is 17.2 Å². The maximum Gasteiger partial charge on any atom is 0.418 e. The van der Waals surface area contributed by atoms with E-state index in [9.17, 15) is 37.6 Å². The first-order valence-electron chi connectivity index (χ1n) is 12.3. The lowest BCUT2D eigenvalue weighted by Gasteiger charge is -2.27. The summed E-state index contributed by atoms with van der Waals surface area (Å²) in [5.74, 6) is -3.58. The summed E-state index contributed by atoms with van der Waals surface area (Å²) in [4.78, 5) is 56.8. The summed E-state index contributed by atoms with van der Waals surface area (Å²) < 4.78 is 39.8. The van der Waals surface area contributed by atoms with Crippen LogP contribution < -0.4 is 16.0 Å². The molecule has 5 rings (SSSR count). The third-order valence-electron chi connectivity index (χ3n) is 7.37. The van der Waals surface area contributed by atoms with E-state index < -0.39 is 52.6 Å². The molecule has 1 saturated carbocycles. The van der Waals surface area contributed by atoms with Crippen LogP contribution >= 0.6 is 0 Å². The highest BCUT2D eigenvalue weighted by molar-refractivity contribution is 6.40. The summed E-state index contributed by atoms with van der Waals surface area (Å²) in [5, 5.41) is 16.9. The van der Waals surface area contributed by atoms with E-state index in [-0.39, 0.29) is 31.2 Å². The number of carbonyl (C=O) groups excluding carboxylic acids is 4. The third-order valence-corrected chi connectivity index (χ3v) is 7.37. The summed E-state index contributed by atoms with van der Waals surface area (Å²) in [7, 11) is 0. The second kappa shape index (κ2) is 9.68. The Bertz CT molecular complexity index is 1400. The fraction of sp³-hybridized carbons (Fsp3) is 0.385. The van der Waals surface area contributed by atoms with Gasteiger partial charge in [-0.1, -0.05) is 31.0 Å². The van der Waals surface area contributed by atoms with Crippen LogP contribution in [0.15, 0.2) is 42.7 Å². The predicted octanol–water partition coefficient (Wildman–Crippen LogP) is 2.34. The smallest absolute Gasteiger partial charge is 0.336 e. The minimum atomic E-state index is -4.80. The molecule has 10 nitrogen and oxygen atoms in total. The van der Waals surface area contributed by atoms with Gasteiger partial charge in [0, 0.05) is 24.8 Å². The first kappa shape index (κ1) is 26.1. The number of nitrogens with one attached hydrogen (secondary N) is 3. The van der Waals surface area contributed by atoms with Crippen molar-refractivity contribution in [1.82, 2.24) is 15.2 Å². The molecule has 1 spiro atoms. The number of alkyl halides is 3. The number of benzene rings is 1. The van der Waals surface area contributed by atoms with Crippen molar-refractivity contribution in [3.05, 3.63) is 53.9 Å². The Hall–Kier alpha value is -4.47. The Labute approximate surface area is 220 Å². The Morgan fingerprint density at radius 2 is 1.95 bits per heavy atom. The van der Waals surface area contributed by atoms with Gasteiger partial charge >= 0.3 is 18.0 Å². The number of halogens is 3. The topological polar surface area (TPSA) is 144 Å². The molecule has 0 unspecified atom stereocenters. The fourth-order valence-electron chi connectivity index (χ4n) is 5.24. The SMILES string of the molecule is N#C[C@@H]1C[C@@]2(CN1C(=O)[C@H](CC1CC1)NC(=O)C(=O)Nc1cnccc1C(F)(F)F)C(=O)Nc1ccccc12. The molecule has 0 bridgehead atoms. The number of aromatic nitrogens is 1. The molecular weight excluding hydrogens is 517 g/mol. The van der Waals surface area contributed by atoms with E-state index in [4.69, 9.17) is 0 Å². The van der Waals surface area contributed by atoms with Crippen LogP contribution in [0.25, 0.3) is 0 Å². The van der Waals surface area contributed by atoms with Crippen LogP contribution in [-0.2, 0) is 30.8 Å². The first-order chi connectivity index (χ1) is 18.5. The zero-order valence-electron chi connectivity index (χ0n) is 20.4. The molecule has 39 heavy (non-hydrogen) atoms. The maximum atomic E-state index is 13.7. The molecule has 3 N–H and O–H groups in total. The number of amides is 4. The van der Waals surface area contributed by atoms with E-state index in [1.807, 2.05) is 5.32 Å². The number of likely N-dealkylation sites (tertiary alicyclic amines) is 1. The Morgan fingerprint density at radius 3 is 2.64 bits per heavy atom. The summed E-state index contributed by atoms with van der Waals surface area (Å²) >= 11 is 0. The number of carbonyl (C=O) groups is 4. The Balaban J connectivity index is 1.35. The Kier molecular flexibility index (Phi) is 6.49. The van der Waals surface area contributed by atoms with E-state index in [1.54, 1.807) is 24.3 Å². The van der Waals surface area contributed by atoms with Crippen molar-refractivity contribution in [3.63, 3.8) is 0 Å². The predicted molar refractivity (Wildman–Crippen MR) is 130 cm³/mol. The number of hydrogen-bond acceptors (Lipinski definition) is 6. The molecule has 4 amide bonds. The number of fused-ring (bicyclic) bond motifs is 2. The normalized spacial score (nSPS) is 22.6. The van der Waals surface area contributed by atoms with E-state index >= 15 is 0 Å². The van der Waals surface area contributed by atoms with Crippen LogP contribution in [-0.4, -0.2) is 52.1 Å². The number of anilines is 2. The number of hydrogen-bond donors (Lipinski definition) is 3. The van der Waals surface area contributed by atoms with Gasteiger partial charge in [0.15, 0.2) is 0 Å². The zero-order chi connectivity index (χ0) is 27.9. The molecule has 3 heterocycles. The molecule has 2 aliphatic heterocycles. The molecule has 3 atom stereocenters. The van der Waals surface area contributed by atoms with Crippen LogP contribution in [0.4, 0.5) is 24.5 Å². The minimum Gasteiger partial charge on any atom is -0.336 e. The van der Waals surface area contributed by atoms with Crippen molar-refractivity contribution in [3.8, 4) is 6.07 Å². The van der Waals surface area contributed by atoms with E-state index in [2.05, 4.69) is 21.7 Å². The molecule has 202 valence electrons. The van der Waals surface area contributed by atoms with Gasteiger partial charge in [0.25, 0.3) is 0 Å². The highest BCUT2D eigenvalue weighted by Gasteiger charge is 2.56. The molecular formula is C26H23F3N6O4. The second-order valence-corrected chi connectivity index (χ2v) is 9.98. The highest BCUT2D eigenvalue weighted by atomic mass is 19.4. The number of pyridine rings is 1. The number of nitriles is 1. The standard InChI is InChI=1S/C26H23F3N6O4/c27-26(28,29)17-7-8-31-12-20(17)33-22(37)21(36)32-19(9-14-5-6-14)23(38)35-13-25(10-15(35)11-30)16-3-1-2-4-18(16)34-24(25)39/h1-4,7-8,12,14-15,19H,5-6,9-10,13H2,(H,32,36)(H,33,37)(H,34,39)/t15-,19-,25-/m0/s1.